The number of aryl methyl sites for hydroxylation is 1. The zero-order valence-electron chi connectivity index (χ0n) is 18.4. The highest BCUT2D eigenvalue weighted by molar-refractivity contribution is 5.95. The predicted octanol–water partition coefficient (Wildman–Crippen LogP) is 4.44. The van der Waals surface area contributed by atoms with E-state index in [0.29, 0.717) is 23.5 Å². The second kappa shape index (κ2) is 8.68. The van der Waals surface area contributed by atoms with Crippen LogP contribution in [0.2, 0.25) is 0 Å². The van der Waals surface area contributed by atoms with Crippen molar-refractivity contribution in [2.75, 3.05) is 18.7 Å². The highest BCUT2D eigenvalue weighted by Gasteiger charge is 2.36. The summed E-state index contributed by atoms with van der Waals surface area (Å²) in [7, 11) is 1.47. The third kappa shape index (κ3) is 4.21. The number of alkyl halides is 3. The van der Waals surface area contributed by atoms with Crippen LogP contribution >= 0.6 is 0 Å². The van der Waals surface area contributed by atoms with Crippen molar-refractivity contribution >= 4 is 11.6 Å². The van der Waals surface area contributed by atoms with Crippen LogP contribution in [0.3, 0.4) is 0 Å². The van der Waals surface area contributed by atoms with E-state index in [1.807, 2.05) is 18.2 Å². The number of amides is 1. The summed E-state index contributed by atoms with van der Waals surface area (Å²) in [6.07, 6.45) is -2.07. The van der Waals surface area contributed by atoms with Crippen molar-refractivity contribution in [1.29, 1.82) is 0 Å². The normalized spacial score (nSPS) is 17.8. The number of fused-ring (bicyclic) bond motifs is 1. The van der Waals surface area contributed by atoms with Crippen LogP contribution in [0.25, 0.3) is 11.3 Å². The monoisotopic (exact) mass is 472 g/mol. The number of benzene rings is 2. The van der Waals surface area contributed by atoms with E-state index in [4.69, 9.17) is 9.47 Å². The molecule has 2 aliphatic heterocycles. The van der Waals surface area contributed by atoms with Crippen LogP contribution in [0.15, 0.2) is 48.7 Å². The fourth-order valence-electron chi connectivity index (χ4n) is 4.57. The Morgan fingerprint density at radius 1 is 1.18 bits per heavy atom. The zero-order valence-corrected chi connectivity index (χ0v) is 18.4. The highest BCUT2D eigenvalue weighted by Crippen LogP contribution is 2.38. The number of carbonyl (C=O) groups is 1. The van der Waals surface area contributed by atoms with Gasteiger partial charge in [0.2, 0.25) is 12.7 Å². The molecule has 2 aliphatic rings. The summed E-state index contributed by atoms with van der Waals surface area (Å²) in [4.78, 5) is 15.1. The maximum Gasteiger partial charge on any atom is 0.420 e. The first-order chi connectivity index (χ1) is 16.3. The van der Waals surface area contributed by atoms with E-state index in [1.165, 1.54) is 11.7 Å². The lowest BCUT2D eigenvalue weighted by Crippen LogP contribution is -2.39. The zero-order chi connectivity index (χ0) is 23.9. The van der Waals surface area contributed by atoms with Crippen LogP contribution in [0.4, 0.5) is 18.9 Å². The van der Waals surface area contributed by atoms with Crippen LogP contribution in [0.1, 0.15) is 24.0 Å². The van der Waals surface area contributed by atoms with E-state index in [-0.39, 0.29) is 24.4 Å². The van der Waals surface area contributed by atoms with E-state index in [9.17, 15) is 18.0 Å². The number of nitrogens with one attached hydrogen (secondary N) is 1. The molecule has 0 aliphatic carbocycles. The van der Waals surface area contributed by atoms with E-state index in [1.54, 1.807) is 24.3 Å². The molecule has 1 fully saturated rings. The summed E-state index contributed by atoms with van der Waals surface area (Å²) >= 11 is 0. The van der Waals surface area contributed by atoms with Crippen molar-refractivity contribution in [3.05, 3.63) is 59.8 Å². The summed E-state index contributed by atoms with van der Waals surface area (Å²) in [6.45, 7) is 1.53. The molecule has 1 aromatic heterocycles. The molecule has 1 N–H and O–H groups in total. The van der Waals surface area contributed by atoms with Crippen LogP contribution < -0.4 is 14.8 Å². The molecule has 1 atom stereocenters. The first-order valence-electron chi connectivity index (χ1n) is 10.9. The van der Waals surface area contributed by atoms with Gasteiger partial charge in [0.25, 0.3) is 0 Å². The lowest BCUT2D eigenvalue weighted by Gasteiger charge is -2.24. The van der Waals surface area contributed by atoms with E-state index in [0.717, 1.165) is 36.9 Å². The Hall–Kier alpha value is -3.53. The van der Waals surface area contributed by atoms with Crippen molar-refractivity contribution in [3.63, 3.8) is 0 Å². The Kier molecular flexibility index (Phi) is 5.68. The van der Waals surface area contributed by atoms with Gasteiger partial charge in [0.1, 0.15) is 5.56 Å². The summed E-state index contributed by atoms with van der Waals surface area (Å²) in [5.41, 5.74) is 1.04. The number of nitrogens with zero attached hydrogens (tertiary/aromatic N) is 3. The molecule has 2 aromatic carbocycles. The summed E-state index contributed by atoms with van der Waals surface area (Å²) in [5, 5.41) is 6.65. The number of anilines is 1. The van der Waals surface area contributed by atoms with E-state index in [2.05, 4.69) is 15.3 Å². The number of likely N-dealkylation sites (tertiary alicyclic amines) is 1. The molecule has 10 heteroatoms. The molecule has 1 amide bonds. The van der Waals surface area contributed by atoms with Gasteiger partial charge in [-0.3, -0.25) is 14.4 Å². The number of rotatable bonds is 5. The molecule has 0 radical (unpaired) electrons. The fraction of sp³-hybridized carbons (Fsp3) is 0.333. The summed E-state index contributed by atoms with van der Waals surface area (Å²) < 4.78 is 52.1. The Balaban J connectivity index is 1.28. The number of ether oxygens (including phenoxy) is 2. The molecule has 0 unspecified atom stereocenters. The summed E-state index contributed by atoms with van der Waals surface area (Å²) in [6, 6.07) is 11.7. The second-order valence-electron chi connectivity index (χ2n) is 8.37. The molecule has 0 spiro atoms. The molecule has 3 aromatic rings. The minimum atomic E-state index is -4.50. The number of para-hydroxylation sites is 1. The fourth-order valence-corrected chi connectivity index (χ4v) is 4.57. The van der Waals surface area contributed by atoms with Gasteiger partial charge in [-0.1, -0.05) is 24.3 Å². The van der Waals surface area contributed by atoms with Crippen molar-refractivity contribution in [2.45, 2.75) is 31.6 Å². The third-order valence-electron chi connectivity index (χ3n) is 6.19. The van der Waals surface area contributed by atoms with E-state index < -0.39 is 11.7 Å². The van der Waals surface area contributed by atoms with Gasteiger partial charge in [0.05, 0.1) is 17.9 Å². The average molecular weight is 472 g/mol. The Morgan fingerprint density at radius 2 is 1.97 bits per heavy atom. The van der Waals surface area contributed by atoms with Crippen LogP contribution in [-0.4, -0.2) is 40.0 Å². The van der Waals surface area contributed by atoms with Crippen LogP contribution in [-0.2, 0) is 24.6 Å². The number of hydrogen-bond acceptors (Lipinski definition) is 5. The topological polar surface area (TPSA) is 68.6 Å². The van der Waals surface area contributed by atoms with Gasteiger partial charge < -0.3 is 14.8 Å². The molecule has 5 rings (SSSR count). The molecule has 34 heavy (non-hydrogen) atoms. The molecule has 0 bridgehead atoms. The van der Waals surface area contributed by atoms with Gasteiger partial charge in [-0.05, 0) is 37.6 Å². The van der Waals surface area contributed by atoms with E-state index >= 15 is 0 Å². The largest absolute Gasteiger partial charge is 0.454 e. The Morgan fingerprint density at radius 3 is 2.74 bits per heavy atom. The van der Waals surface area contributed by atoms with Crippen LogP contribution in [0, 0.1) is 0 Å². The SMILES string of the molecule is Cn1ncc(C(F)(F)F)c1-c1ccc(NC(=O)[C@H]2CCCN2Cc2cccc3c2OCO3)cc1. The van der Waals surface area contributed by atoms with Crippen molar-refractivity contribution < 1.29 is 27.4 Å². The molecule has 3 heterocycles. The first-order valence-corrected chi connectivity index (χ1v) is 10.9. The van der Waals surface area contributed by atoms with Crippen LogP contribution in [0.5, 0.6) is 11.5 Å². The maximum atomic E-state index is 13.3. The molecule has 0 saturated carbocycles. The quantitative estimate of drug-likeness (QED) is 0.595. The minimum Gasteiger partial charge on any atom is -0.454 e. The second-order valence-corrected chi connectivity index (χ2v) is 8.37. The van der Waals surface area contributed by atoms with Gasteiger partial charge in [-0.2, -0.15) is 18.3 Å². The maximum absolute atomic E-state index is 13.3. The average Bonchev–Trinajstić information content (AvgIpc) is 3.54. The Bertz CT molecular complexity index is 1210. The Labute approximate surface area is 194 Å². The standard InChI is InChI=1S/C24H23F3N4O3/c1-30-21(18(12-28-30)24(25,26)27)15-7-9-17(10-8-15)29-23(32)19-5-3-11-31(19)13-16-4-2-6-20-22(16)34-14-33-20/h2,4,6-10,12,19H,3,5,11,13-14H2,1H3,(H,29,32)/t19-/m1/s1. The smallest absolute Gasteiger partial charge is 0.420 e. The molecule has 178 valence electrons. The molecular formula is C24H23F3N4O3. The van der Waals surface area contributed by atoms with Crippen molar-refractivity contribution in [1.82, 2.24) is 14.7 Å². The van der Waals surface area contributed by atoms with Crippen molar-refractivity contribution in [3.8, 4) is 22.8 Å². The minimum absolute atomic E-state index is 0.0195. The van der Waals surface area contributed by atoms with Gasteiger partial charge in [0, 0.05) is 30.4 Å². The first kappa shape index (κ1) is 22.3. The molecule has 7 nitrogen and oxygen atoms in total. The lowest BCUT2D eigenvalue weighted by atomic mass is 10.1. The predicted molar refractivity (Wildman–Crippen MR) is 118 cm³/mol. The van der Waals surface area contributed by atoms with Gasteiger partial charge in [0.15, 0.2) is 11.5 Å². The lowest BCUT2D eigenvalue weighted by molar-refractivity contribution is -0.137. The van der Waals surface area contributed by atoms with Gasteiger partial charge >= 0.3 is 6.18 Å². The number of halogens is 3. The van der Waals surface area contributed by atoms with Gasteiger partial charge in [-0.25, -0.2) is 0 Å². The molecule has 1 saturated heterocycles. The third-order valence-corrected chi connectivity index (χ3v) is 6.19. The number of carbonyl (C=O) groups excluding carboxylic acids is 1. The summed E-state index contributed by atoms with van der Waals surface area (Å²) in [5.74, 6) is 1.28. The molecular weight excluding hydrogens is 449 g/mol. The number of hydrogen-bond donors (Lipinski definition) is 1. The number of aromatic nitrogens is 2. The van der Waals surface area contributed by atoms with Gasteiger partial charge in [-0.15, -0.1) is 0 Å². The highest BCUT2D eigenvalue weighted by atomic mass is 19.4. The van der Waals surface area contributed by atoms with Crippen molar-refractivity contribution in [2.24, 2.45) is 7.05 Å².